The van der Waals surface area contributed by atoms with E-state index in [2.05, 4.69) is 0 Å². The Morgan fingerprint density at radius 3 is 2.61 bits per heavy atom. The Morgan fingerprint density at radius 2 is 1.93 bits per heavy atom. The van der Waals surface area contributed by atoms with Gasteiger partial charge >= 0.3 is 11.9 Å². The predicted octanol–water partition coefficient (Wildman–Crippen LogP) is 4.40. The van der Waals surface area contributed by atoms with Gasteiger partial charge in [0.1, 0.15) is 17.5 Å². The Kier molecular flexibility index (Phi) is 5.20. The van der Waals surface area contributed by atoms with Crippen LogP contribution in [0.5, 0.6) is 5.75 Å². The minimum atomic E-state index is -0.892. The second kappa shape index (κ2) is 7.30. The minimum Gasteiger partial charge on any atom is -0.485 e. The van der Waals surface area contributed by atoms with Gasteiger partial charge in [-0.05, 0) is 38.5 Å². The predicted molar refractivity (Wildman–Crippen MR) is 107 cm³/mol. The maximum atomic E-state index is 12.3. The van der Waals surface area contributed by atoms with Crippen molar-refractivity contribution in [1.29, 1.82) is 0 Å². The number of allylic oxidation sites excluding steroid dienone is 4. The summed E-state index contributed by atoms with van der Waals surface area (Å²) in [5.74, 6) is -1.32. The van der Waals surface area contributed by atoms with E-state index in [4.69, 9.17) is 9.47 Å². The molecule has 1 aromatic rings. The molecule has 0 spiro atoms. The van der Waals surface area contributed by atoms with Crippen molar-refractivity contribution in [3.63, 3.8) is 0 Å². The van der Waals surface area contributed by atoms with Crippen LogP contribution in [0.3, 0.4) is 0 Å². The summed E-state index contributed by atoms with van der Waals surface area (Å²) >= 11 is 0. The van der Waals surface area contributed by atoms with E-state index in [9.17, 15) is 14.7 Å². The van der Waals surface area contributed by atoms with Crippen LogP contribution in [0.4, 0.5) is 0 Å². The molecule has 0 bridgehead atoms. The van der Waals surface area contributed by atoms with E-state index >= 15 is 0 Å². The van der Waals surface area contributed by atoms with E-state index in [0.29, 0.717) is 5.75 Å². The first-order valence-electron chi connectivity index (χ1n) is 9.39. The van der Waals surface area contributed by atoms with E-state index in [1.54, 1.807) is 12.2 Å². The van der Waals surface area contributed by atoms with Crippen LogP contribution in [0, 0.1) is 11.3 Å². The van der Waals surface area contributed by atoms with E-state index in [1.807, 2.05) is 70.2 Å². The Morgan fingerprint density at radius 1 is 1.21 bits per heavy atom. The van der Waals surface area contributed by atoms with Gasteiger partial charge in [0.15, 0.2) is 0 Å². The van der Waals surface area contributed by atoms with E-state index in [-0.39, 0.29) is 12.4 Å². The number of rotatable bonds is 4. The second-order valence-corrected chi connectivity index (χ2v) is 8.37. The van der Waals surface area contributed by atoms with Gasteiger partial charge in [0.25, 0.3) is 0 Å². The lowest BCUT2D eigenvalue weighted by molar-refractivity contribution is -0.156. The highest BCUT2D eigenvalue weighted by atomic mass is 16.6. The number of para-hydroxylation sites is 1. The summed E-state index contributed by atoms with van der Waals surface area (Å²) in [5.41, 5.74) is 0.354. The number of carbonyl (C=O) groups excluding carboxylic acids is 1. The molecule has 3 atom stereocenters. The maximum Gasteiger partial charge on any atom is 0.311 e. The van der Waals surface area contributed by atoms with Crippen LogP contribution in [0.2, 0.25) is 0 Å². The third-order valence-electron chi connectivity index (χ3n) is 4.95. The molecule has 2 aliphatic rings. The number of ether oxygens (including phenoxy) is 2. The first-order valence-corrected chi connectivity index (χ1v) is 9.39. The zero-order chi connectivity index (χ0) is 20.5. The summed E-state index contributed by atoms with van der Waals surface area (Å²) in [4.78, 5) is 24.2. The Bertz CT molecular complexity index is 871. The number of carbonyl (C=O) groups is 2. The smallest absolute Gasteiger partial charge is 0.311 e. The van der Waals surface area contributed by atoms with Crippen LogP contribution >= 0.6 is 0 Å². The summed E-state index contributed by atoms with van der Waals surface area (Å²) in [6.45, 7) is 7.37. The number of hydrogen-bond acceptors (Lipinski definition) is 4. The topological polar surface area (TPSA) is 72.8 Å². The van der Waals surface area contributed by atoms with Gasteiger partial charge in [-0.2, -0.15) is 0 Å². The normalized spacial score (nSPS) is 26.1. The number of carboxylic acids is 1. The van der Waals surface area contributed by atoms with Gasteiger partial charge in [-0.25, -0.2) is 0 Å². The molecule has 0 radical (unpaired) electrons. The molecule has 1 aliphatic heterocycles. The first-order chi connectivity index (χ1) is 13.1. The van der Waals surface area contributed by atoms with Crippen LogP contribution in [0.25, 0.3) is 5.57 Å². The second-order valence-electron chi connectivity index (χ2n) is 8.37. The molecule has 3 rings (SSSR count). The van der Waals surface area contributed by atoms with Gasteiger partial charge in [-0.15, -0.1) is 0 Å². The monoisotopic (exact) mass is 382 g/mol. The van der Waals surface area contributed by atoms with Crippen molar-refractivity contribution in [2.45, 2.75) is 45.8 Å². The van der Waals surface area contributed by atoms with Crippen molar-refractivity contribution in [3.8, 4) is 5.75 Å². The lowest BCUT2D eigenvalue weighted by Crippen LogP contribution is -2.36. The van der Waals surface area contributed by atoms with Crippen LogP contribution in [0.1, 0.15) is 39.7 Å². The average Bonchev–Trinajstić information content (AvgIpc) is 2.59. The van der Waals surface area contributed by atoms with Gasteiger partial charge < -0.3 is 14.6 Å². The highest BCUT2D eigenvalue weighted by Gasteiger charge is 2.43. The van der Waals surface area contributed by atoms with Crippen LogP contribution < -0.4 is 4.74 Å². The fourth-order valence-electron chi connectivity index (χ4n) is 3.71. The van der Waals surface area contributed by atoms with E-state index < -0.39 is 29.0 Å². The van der Waals surface area contributed by atoms with Gasteiger partial charge in [-0.3, -0.25) is 9.59 Å². The molecular weight excluding hydrogens is 356 g/mol. The molecule has 2 unspecified atom stereocenters. The van der Waals surface area contributed by atoms with Crippen LogP contribution in [0.15, 0.2) is 54.6 Å². The zero-order valence-corrected chi connectivity index (χ0v) is 16.6. The Labute approximate surface area is 165 Å². The van der Waals surface area contributed by atoms with Crippen LogP contribution in [-0.4, -0.2) is 28.8 Å². The Balaban J connectivity index is 2.00. The maximum absolute atomic E-state index is 12.3. The molecule has 5 heteroatoms. The standard InChI is InChI=1S/C23H26O5/c1-22(2,3)28-20(24)14-15-13-18(16-9-5-6-11-19(16)27-15)23(4)12-8-7-10-17(23)21(25)26/h5-13,15,17H,14H2,1-4H3,(H,25,26)/t15?,17-,23?/m0/s1. The molecule has 28 heavy (non-hydrogen) atoms. The van der Waals surface area contributed by atoms with Crippen LogP contribution in [-0.2, 0) is 14.3 Å². The number of benzene rings is 1. The molecule has 0 fully saturated rings. The molecular formula is C23H26O5. The quantitative estimate of drug-likeness (QED) is 0.782. The highest BCUT2D eigenvalue weighted by Crippen LogP contribution is 2.49. The number of esters is 1. The van der Waals surface area contributed by atoms with Gasteiger partial charge in [0.2, 0.25) is 0 Å². The molecule has 5 nitrogen and oxygen atoms in total. The molecule has 1 N–H and O–H groups in total. The number of aliphatic carboxylic acids is 1. The molecule has 1 aromatic carbocycles. The summed E-state index contributed by atoms with van der Waals surface area (Å²) < 4.78 is 11.4. The van der Waals surface area contributed by atoms with Crippen molar-refractivity contribution in [2.75, 3.05) is 0 Å². The van der Waals surface area contributed by atoms with Crippen molar-refractivity contribution in [2.24, 2.45) is 11.3 Å². The molecule has 0 saturated heterocycles. The van der Waals surface area contributed by atoms with Gasteiger partial charge in [0, 0.05) is 11.0 Å². The lowest BCUT2D eigenvalue weighted by atomic mass is 9.66. The zero-order valence-electron chi connectivity index (χ0n) is 16.6. The fourth-order valence-corrected chi connectivity index (χ4v) is 3.71. The summed E-state index contributed by atoms with van der Waals surface area (Å²) in [6, 6.07) is 7.51. The molecule has 1 heterocycles. The van der Waals surface area contributed by atoms with Crippen molar-refractivity contribution >= 4 is 17.5 Å². The van der Waals surface area contributed by atoms with Crippen molar-refractivity contribution in [1.82, 2.24) is 0 Å². The third-order valence-corrected chi connectivity index (χ3v) is 4.95. The average molecular weight is 382 g/mol. The third kappa shape index (κ3) is 4.03. The summed E-state index contributed by atoms with van der Waals surface area (Å²) in [7, 11) is 0. The van der Waals surface area contributed by atoms with Gasteiger partial charge in [0.05, 0.1) is 12.3 Å². The first kappa shape index (κ1) is 19.9. The Hall–Kier alpha value is -2.82. The van der Waals surface area contributed by atoms with Gasteiger partial charge in [-0.1, -0.05) is 49.4 Å². The molecule has 148 valence electrons. The largest absolute Gasteiger partial charge is 0.485 e. The molecule has 0 saturated carbocycles. The molecule has 1 aliphatic carbocycles. The number of carboxylic acid groups (broad SMARTS) is 1. The number of fused-ring (bicyclic) bond motifs is 1. The minimum absolute atomic E-state index is 0.0580. The van der Waals surface area contributed by atoms with E-state index in [0.717, 1.165) is 11.1 Å². The van der Waals surface area contributed by atoms with Crippen molar-refractivity contribution in [3.05, 3.63) is 60.2 Å². The summed E-state index contributed by atoms with van der Waals surface area (Å²) in [6.07, 6.45) is 8.62. The number of hydrogen-bond donors (Lipinski definition) is 1. The van der Waals surface area contributed by atoms with Crippen molar-refractivity contribution < 1.29 is 24.2 Å². The lowest BCUT2D eigenvalue weighted by Gasteiger charge is -2.39. The molecule has 0 aromatic heterocycles. The SMILES string of the molecule is CC(C)(C)OC(=O)CC1C=C(C2(C)C=CC=C[C@H]2C(=O)O)c2ccccc2O1. The van der Waals surface area contributed by atoms with E-state index in [1.165, 1.54) is 0 Å². The molecule has 0 amide bonds. The highest BCUT2D eigenvalue weighted by molar-refractivity contribution is 5.85. The fraction of sp³-hybridized carbons (Fsp3) is 0.391. The summed E-state index contributed by atoms with van der Waals surface area (Å²) in [5, 5.41) is 9.77.